The molecule has 1 unspecified atom stereocenters. The molecule has 12 heavy (non-hydrogen) atoms. The standard InChI is InChI=1S/C11H11O/c1-2-8-7-9-5-3-4-6-10(9)11(8)12/h3-6,8H,1-2,7H2. The van der Waals surface area contributed by atoms with Gasteiger partial charge in [0.1, 0.15) is 0 Å². The Kier molecular flexibility index (Phi) is 1.72. The maximum Gasteiger partial charge on any atom is 0.166 e. The van der Waals surface area contributed by atoms with Crippen LogP contribution in [0.25, 0.3) is 0 Å². The van der Waals surface area contributed by atoms with Crippen molar-refractivity contribution < 1.29 is 4.79 Å². The molecule has 0 heterocycles. The van der Waals surface area contributed by atoms with E-state index in [0.29, 0.717) is 6.42 Å². The minimum atomic E-state index is 0.141. The Morgan fingerprint density at radius 1 is 1.42 bits per heavy atom. The normalized spacial score (nSPS) is 21.1. The number of hydrogen-bond donors (Lipinski definition) is 0. The van der Waals surface area contributed by atoms with Gasteiger partial charge in [0.05, 0.1) is 0 Å². The first-order valence-electron chi connectivity index (χ1n) is 4.24. The number of Topliss-reactive ketones (excluding diaryl/α,β-unsaturated/α-hetero) is 1. The van der Waals surface area contributed by atoms with E-state index in [2.05, 4.69) is 6.92 Å². The molecule has 61 valence electrons. The van der Waals surface area contributed by atoms with E-state index in [1.165, 1.54) is 5.56 Å². The Balaban J connectivity index is 2.42. The van der Waals surface area contributed by atoms with Gasteiger partial charge in [-0.25, -0.2) is 0 Å². The monoisotopic (exact) mass is 159 g/mol. The van der Waals surface area contributed by atoms with Crippen molar-refractivity contribution in [3.05, 3.63) is 42.3 Å². The zero-order valence-electron chi connectivity index (χ0n) is 6.92. The first kappa shape index (κ1) is 7.53. The molecular formula is C11H11O. The van der Waals surface area contributed by atoms with Crippen LogP contribution < -0.4 is 0 Å². The van der Waals surface area contributed by atoms with E-state index in [4.69, 9.17) is 0 Å². The summed E-state index contributed by atoms with van der Waals surface area (Å²) in [6.07, 6.45) is 1.60. The second kappa shape index (κ2) is 2.74. The lowest BCUT2D eigenvalue weighted by Gasteiger charge is -2.00. The number of carbonyl (C=O) groups is 1. The highest BCUT2D eigenvalue weighted by molar-refractivity contribution is 6.02. The van der Waals surface area contributed by atoms with E-state index in [1.807, 2.05) is 24.3 Å². The van der Waals surface area contributed by atoms with Crippen molar-refractivity contribution in [1.29, 1.82) is 0 Å². The molecule has 0 fully saturated rings. The van der Waals surface area contributed by atoms with Crippen molar-refractivity contribution in [3.63, 3.8) is 0 Å². The fraction of sp³-hybridized carbons (Fsp3) is 0.273. The van der Waals surface area contributed by atoms with Gasteiger partial charge in [-0.15, -0.1) is 0 Å². The Morgan fingerprint density at radius 3 is 2.83 bits per heavy atom. The van der Waals surface area contributed by atoms with E-state index in [0.717, 1.165) is 12.0 Å². The average Bonchev–Trinajstić information content (AvgIpc) is 2.44. The molecule has 1 atom stereocenters. The van der Waals surface area contributed by atoms with E-state index >= 15 is 0 Å². The minimum Gasteiger partial charge on any atom is -0.294 e. The van der Waals surface area contributed by atoms with Crippen LogP contribution >= 0.6 is 0 Å². The molecule has 1 aliphatic rings. The molecule has 2 rings (SSSR count). The highest BCUT2D eigenvalue weighted by atomic mass is 16.1. The Labute approximate surface area is 72.4 Å². The summed E-state index contributed by atoms with van der Waals surface area (Å²) in [5.74, 6) is 0.419. The molecule has 0 amide bonds. The van der Waals surface area contributed by atoms with Gasteiger partial charge < -0.3 is 0 Å². The zero-order valence-corrected chi connectivity index (χ0v) is 6.92. The molecule has 1 aromatic rings. The number of fused-ring (bicyclic) bond motifs is 1. The van der Waals surface area contributed by atoms with Crippen LogP contribution in [0.1, 0.15) is 22.3 Å². The number of hydrogen-bond acceptors (Lipinski definition) is 1. The third kappa shape index (κ3) is 0.970. The van der Waals surface area contributed by atoms with Gasteiger partial charge in [0.25, 0.3) is 0 Å². The van der Waals surface area contributed by atoms with E-state index in [-0.39, 0.29) is 11.7 Å². The molecule has 0 saturated heterocycles. The average molecular weight is 159 g/mol. The van der Waals surface area contributed by atoms with Gasteiger partial charge in [-0.05, 0) is 18.4 Å². The van der Waals surface area contributed by atoms with E-state index < -0.39 is 0 Å². The number of benzene rings is 1. The Morgan fingerprint density at radius 2 is 2.17 bits per heavy atom. The van der Waals surface area contributed by atoms with Gasteiger partial charge >= 0.3 is 0 Å². The molecule has 0 spiro atoms. The van der Waals surface area contributed by atoms with Gasteiger partial charge in [0.2, 0.25) is 0 Å². The SMILES string of the molecule is [CH2]CC1Cc2ccccc2C1=O. The van der Waals surface area contributed by atoms with Crippen molar-refractivity contribution in [1.82, 2.24) is 0 Å². The van der Waals surface area contributed by atoms with Gasteiger partial charge in [-0.1, -0.05) is 31.2 Å². The lowest BCUT2D eigenvalue weighted by atomic mass is 10.0. The summed E-state index contributed by atoms with van der Waals surface area (Å²) in [4.78, 5) is 11.6. The van der Waals surface area contributed by atoms with Crippen LogP contribution in [0.15, 0.2) is 24.3 Å². The van der Waals surface area contributed by atoms with Crippen LogP contribution in [-0.4, -0.2) is 5.78 Å². The summed E-state index contributed by atoms with van der Waals surface area (Å²) in [6.45, 7) is 3.78. The van der Waals surface area contributed by atoms with Gasteiger partial charge in [0, 0.05) is 11.5 Å². The number of ketones is 1. The second-order valence-corrected chi connectivity index (χ2v) is 3.21. The lowest BCUT2D eigenvalue weighted by molar-refractivity contribution is 0.0937. The van der Waals surface area contributed by atoms with Crippen molar-refractivity contribution in [2.24, 2.45) is 5.92 Å². The highest BCUT2D eigenvalue weighted by Gasteiger charge is 2.27. The van der Waals surface area contributed by atoms with Gasteiger partial charge in [-0.2, -0.15) is 0 Å². The maximum absolute atomic E-state index is 11.6. The summed E-state index contributed by atoms with van der Waals surface area (Å²) in [5.41, 5.74) is 2.10. The third-order valence-corrected chi connectivity index (χ3v) is 2.47. The molecule has 0 aliphatic heterocycles. The van der Waals surface area contributed by atoms with Gasteiger partial charge in [-0.3, -0.25) is 4.79 Å². The largest absolute Gasteiger partial charge is 0.294 e. The van der Waals surface area contributed by atoms with Crippen LogP contribution in [0.4, 0.5) is 0 Å². The molecule has 1 aliphatic carbocycles. The number of rotatable bonds is 1. The fourth-order valence-corrected chi connectivity index (χ4v) is 1.75. The molecule has 0 aromatic heterocycles. The highest BCUT2D eigenvalue weighted by Crippen LogP contribution is 2.27. The summed E-state index contributed by atoms with van der Waals surface area (Å²) in [5, 5.41) is 0. The molecule has 1 radical (unpaired) electrons. The van der Waals surface area contributed by atoms with Crippen LogP contribution in [-0.2, 0) is 6.42 Å². The van der Waals surface area contributed by atoms with Crippen LogP contribution in [0.5, 0.6) is 0 Å². The topological polar surface area (TPSA) is 17.1 Å². The van der Waals surface area contributed by atoms with Crippen molar-refractivity contribution in [3.8, 4) is 0 Å². The molecular weight excluding hydrogens is 148 g/mol. The molecule has 1 nitrogen and oxygen atoms in total. The predicted octanol–water partition coefficient (Wildman–Crippen LogP) is 2.27. The Bertz CT molecular complexity index is 315. The molecule has 0 bridgehead atoms. The quantitative estimate of drug-likeness (QED) is 0.614. The van der Waals surface area contributed by atoms with Crippen LogP contribution in [0.3, 0.4) is 0 Å². The molecule has 1 aromatic carbocycles. The summed E-state index contributed by atoms with van der Waals surface area (Å²) < 4.78 is 0. The van der Waals surface area contributed by atoms with Crippen molar-refractivity contribution in [2.75, 3.05) is 0 Å². The van der Waals surface area contributed by atoms with E-state index in [9.17, 15) is 4.79 Å². The van der Waals surface area contributed by atoms with Crippen LogP contribution in [0, 0.1) is 12.8 Å². The lowest BCUT2D eigenvalue weighted by Crippen LogP contribution is -2.06. The van der Waals surface area contributed by atoms with Gasteiger partial charge in [0.15, 0.2) is 5.78 Å². The first-order chi connectivity index (χ1) is 5.83. The number of carbonyl (C=O) groups excluding carboxylic acids is 1. The first-order valence-corrected chi connectivity index (χ1v) is 4.24. The minimum absolute atomic E-state index is 0.141. The van der Waals surface area contributed by atoms with Crippen LogP contribution in [0.2, 0.25) is 0 Å². The van der Waals surface area contributed by atoms with Crippen molar-refractivity contribution >= 4 is 5.78 Å². The Hall–Kier alpha value is -1.11. The third-order valence-electron chi connectivity index (χ3n) is 2.47. The van der Waals surface area contributed by atoms with Crippen molar-refractivity contribution in [2.45, 2.75) is 12.8 Å². The predicted molar refractivity (Wildman–Crippen MR) is 47.9 cm³/mol. The van der Waals surface area contributed by atoms with E-state index in [1.54, 1.807) is 0 Å². The zero-order chi connectivity index (χ0) is 8.55. The second-order valence-electron chi connectivity index (χ2n) is 3.21. The molecule has 0 saturated carbocycles. The fourth-order valence-electron chi connectivity index (χ4n) is 1.75. The maximum atomic E-state index is 11.6. The summed E-state index contributed by atoms with van der Waals surface area (Å²) in [7, 11) is 0. The summed E-state index contributed by atoms with van der Waals surface area (Å²) >= 11 is 0. The smallest absolute Gasteiger partial charge is 0.166 e. The summed E-state index contributed by atoms with van der Waals surface area (Å²) in [6, 6.07) is 7.84. The molecule has 0 N–H and O–H groups in total. The molecule has 1 heteroatoms.